The maximum Gasteiger partial charge on any atom is 0.320 e. The highest BCUT2D eigenvalue weighted by molar-refractivity contribution is 6.14. The van der Waals surface area contributed by atoms with Crippen molar-refractivity contribution < 1.29 is 19.1 Å². The summed E-state index contributed by atoms with van der Waals surface area (Å²) in [5.74, 6) is -1.06. The molecule has 4 nitrogen and oxygen atoms in total. The maximum atomic E-state index is 13.6. The Hall–Kier alpha value is -1.45. The van der Waals surface area contributed by atoms with Gasteiger partial charge >= 0.3 is 5.97 Å². The van der Waals surface area contributed by atoms with E-state index in [-0.39, 0.29) is 41.2 Å². The van der Waals surface area contributed by atoms with Gasteiger partial charge in [-0.2, -0.15) is 0 Å². The van der Waals surface area contributed by atoms with Crippen molar-refractivity contribution in [1.29, 1.82) is 0 Å². The first-order valence-corrected chi connectivity index (χ1v) is 8.79. The number of allylic oxidation sites excluding steroid dienone is 2. The van der Waals surface area contributed by atoms with Gasteiger partial charge in [-0.05, 0) is 42.9 Å². The Bertz CT molecular complexity index is 621. The van der Waals surface area contributed by atoms with Crippen molar-refractivity contribution in [1.82, 2.24) is 0 Å². The fraction of sp³-hybridized carbons (Fsp3) is 0.737. The Balaban J connectivity index is 1.91. The molecular formula is C19H24O4. The number of carbonyl (C=O) groups excluding carboxylic acids is 3. The molecule has 3 saturated carbocycles. The summed E-state index contributed by atoms with van der Waals surface area (Å²) in [5, 5.41) is 0. The summed E-state index contributed by atoms with van der Waals surface area (Å²) in [6, 6.07) is 0. The van der Waals surface area contributed by atoms with Crippen LogP contribution in [-0.2, 0) is 19.1 Å². The topological polar surface area (TPSA) is 60.4 Å². The lowest BCUT2D eigenvalue weighted by molar-refractivity contribution is -0.180. The highest BCUT2D eigenvalue weighted by atomic mass is 16.5. The van der Waals surface area contributed by atoms with Crippen LogP contribution in [0.15, 0.2) is 12.2 Å². The number of ketones is 2. The first-order valence-electron chi connectivity index (χ1n) is 8.79. The van der Waals surface area contributed by atoms with Crippen LogP contribution < -0.4 is 0 Å². The molecule has 124 valence electrons. The smallest absolute Gasteiger partial charge is 0.320 e. The van der Waals surface area contributed by atoms with Crippen LogP contribution >= 0.6 is 0 Å². The van der Waals surface area contributed by atoms with Crippen LogP contribution in [0.2, 0.25) is 0 Å². The summed E-state index contributed by atoms with van der Waals surface area (Å²) in [5.41, 5.74) is -1.30. The molecule has 0 saturated heterocycles. The fourth-order valence-corrected chi connectivity index (χ4v) is 6.31. The van der Waals surface area contributed by atoms with E-state index >= 15 is 0 Å². The third-order valence-electron chi connectivity index (χ3n) is 7.22. The lowest BCUT2D eigenvalue weighted by Gasteiger charge is -2.52. The number of fused-ring (bicyclic) bond motifs is 6. The molecular weight excluding hydrogens is 292 g/mol. The van der Waals surface area contributed by atoms with Crippen LogP contribution in [0.25, 0.3) is 0 Å². The van der Waals surface area contributed by atoms with Crippen LogP contribution in [0.4, 0.5) is 0 Å². The number of esters is 1. The van der Waals surface area contributed by atoms with E-state index in [0.29, 0.717) is 5.92 Å². The van der Waals surface area contributed by atoms with Gasteiger partial charge in [-0.25, -0.2) is 0 Å². The third kappa shape index (κ3) is 1.60. The monoisotopic (exact) mass is 316 g/mol. The SMILES string of the molecule is COC(=O)C12C(=O)C3C(C(=O)C1[C@@H](C)C=C[C@H]2C)[C@H]1CC[C@@H]3C1. The van der Waals surface area contributed by atoms with E-state index in [1.54, 1.807) is 0 Å². The lowest BCUT2D eigenvalue weighted by atomic mass is 9.47. The second-order valence-electron chi connectivity index (χ2n) is 8.02. The third-order valence-corrected chi connectivity index (χ3v) is 7.22. The summed E-state index contributed by atoms with van der Waals surface area (Å²) >= 11 is 0. The zero-order valence-electron chi connectivity index (χ0n) is 14.0. The molecule has 3 fully saturated rings. The van der Waals surface area contributed by atoms with E-state index in [1.165, 1.54) is 7.11 Å². The van der Waals surface area contributed by atoms with Crippen molar-refractivity contribution in [3.8, 4) is 0 Å². The molecule has 4 heteroatoms. The molecule has 0 N–H and O–H groups in total. The van der Waals surface area contributed by atoms with Crippen LogP contribution in [0, 0.1) is 46.8 Å². The van der Waals surface area contributed by atoms with Gasteiger partial charge in [0.25, 0.3) is 0 Å². The number of hydrogen-bond donors (Lipinski definition) is 0. The standard InChI is InChI=1S/C19H24O4/c1-9-4-5-10(2)19(18(22)23-3)15(9)16(20)13-11-6-7-12(8-11)14(13)17(19)21/h4-5,9-15H,6-8H2,1-3H3/t9-,10+,11-,12+,13?,14?,15?,19?/m0/s1. The summed E-state index contributed by atoms with van der Waals surface area (Å²) < 4.78 is 5.07. The number of rotatable bonds is 1. The molecule has 0 heterocycles. The molecule has 0 spiro atoms. The van der Waals surface area contributed by atoms with Crippen LogP contribution in [0.1, 0.15) is 33.1 Å². The lowest BCUT2D eigenvalue weighted by Crippen LogP contribution is -2.64. The second-order valence-corrected chi connectivity index (χ2v) is 8.02. The molecule has 0 amide bonds. The first-order chi connectivity index (χ1) is 10.9. The molecule has 0 aromatic heterocycles. The largest absolute Gasteiger partial charge is 0.468 e. The number of Topliss-reactive ketones (excluding diaryl/α,β-unsaturated/α-hetero) is 2. The highest BCUT2D eigenvalue weighted by Gasteiger charge is 2.71. The molecule has 0 aromatic carbocycles. The minimum Gasteiger partial charge on any atom is -0.468 e. The predicted molar refractivity (Wildman–Crippen MR) is 83.2 cm³/mol. The molecule has 0 radical (unpaired) electrons. The average Bonchev–Trinajstić information content (AvgIpc) is 3.15. The zero-order valence-corrected chi connectivity index (χ0v) is 14.0. The normalized spacial score (nSPS) is 50.7. The minimum atomic E-state index is -1.30. The Morgan fingerprint density at radius 1 is 1.13 bits per heavy atom. The number of ether oxygens (including phenoxy) is 1. The maximum absolute atomic E-state index is 13.6. The van der Waals surface area contributed by atoms with Gasteiger partial charge < -0.3 is 4.74 Å². The number of carbonyl (C=O) groups is 3. The van der Waals surface area contributed by atoms with Crippen molar-refractivity contribution >= 4 is 17.5 Å². The Labute approximate surface area is 136 Å². The second kappa shape index (κ2) is 4.78. The Kier molecular flexibility index (Phi) is 3.14. The molecule has 2 bridgehead atoms. The van der Waals surface area contributed by atoms with E-state index in [4.69, 9.17) is 4.74 Å². The van der Waals surface area contributed by atoms with E-state index in [0.717, 1.165) is 19.3 Å². The molecule has 0 aromatic rings. The van der Waals surface area contributed by atoms with Gasteiger partial charge in [0.05, 0.1) is 7.11 Å². The minimum absolute atomic E-state index is 0.00477. The Morgan fingerprint density at radius 3 is 2.43 bits per heavy atom. The molecule has 4 aliphatic carbocycles. The van der Waals surface area contributed by atoms with Gasteiger partial charge in [-0.15, -0.1) is 0 Å². The van der Waals surface area contributed by atoms with Crippen LogP contribution in [0.3, 0.4) is 0 Å². The molecule has 23 heavy (non-hydrogen) atoms. The van der Waals surface area contributed by atoms with Crippen molar-refractivity contribution in [2.45, 2.75) is 33.1 Å². The molecule has 4 rings (SSSR count). The highest BCUT2D eigenvalue weighted by Crippen LogP contribution is 2.63. The predicted octanol–water partition coefficient (Wildman–Crippen LogP) is 2.42. The molecule has 0 aliphatic heterocycles. The van der Waals surface area contributed by atoms with Crippen molar-refractivity contribution in [2.24, 2.45) is 46.8 Å². The average molecular weight is 316 g/mol. The van der Waals surface area contributed by atoms with Crippen LogP contribution in [0.5, 0.6) is 0 Å². The van der Waals surface area contributed by atoms with Gasteiger partial charge in [0.2, 0.25) is 0 Å². The summed E-state index contributed by atoms with van der Waals surface area (Å²) in [7, 11) is 1.33. The quantitative estimate of drug-likeness (QED) is 0.423. The van der Waals surface area contributed by atoms with E-state index in [1.807, 2.05) is 26.0 Å². The van der Waals surface area contributed by atoms with Gasteiger partial charge in [-0.3, -0.25) is 14.4 Å². The van der Waals surface area contributed by atoms with Gasteiger partial charge in [0.1, 0.15) is 11.2 Å². The van der Waals surface area contributed by atoms with Crippen molar-refractivity contribution in [3.05, 3.63) is 12.2 Å². The summed E-state index contributed by atoms with van der Waals surface area (Å²) in [6.07, 6.45) is 6.98. The zero-order chi connectivity index (χ0) is 16.5. The van der Waals surface area contributed by atoms with Crippen molar-refractivity contribution in [3.63, 3.8) is 0 Å². The number of methoxy groups -OCH3 is 1. The summed E-state index contributed by atoms with van der Waals surface area (Å²) in [4.78, 5) is 39.7. The van der Waals surface area contributed by atoms with Crippen molar-refractivity contribution in [2.75, 3.05) is 7.11 Å². The summed E-state index contributed by atoms with van der Waals surface area (Å²) in [6.45, 7) is 3.83. The number of hydrogen-bond acceptors (Lipinski definition) is 4. The van der Waals surface area contributed by atoms with E-state index < -0.39 is 17.3 Å². The molecule has 4 aliphatic rings. The Morgan fingerprint density at radius 2 is 1.78 bits per heavy atom. The van der Waals surface area contributed by atoms with E-state index in [9.17, 15) is 14.4 Å². The van der Waals surface area contributed by atoms with E-state index in [2.05, 4.69) is 0 Å². The van der Waals surface area contributed by atoms with Crippen LogP contribution in [-0.4, -0.2) is 24.6 Å². The first kappa shape index (κ1) is 15.1. The van der Waals surface area contributed by atoms with Gasteiger partial charge in [0.15, 0.2) is 5.78 Å². The molecule has 4 unspecified atom stereocenters. The van der Waals surface area contributed by atoms with Gasteiger partial charge in [-0.1, -0.05) is 26.0 Å². The fourth-order valence-electron chi connectivity index (χ4n) is 6.31. The molecule has 8 atom stereocenters. The van der Waals surface area contributed by atoms with Gasteiger partial charge in [0, 0.05) is 17.8 Å².